The maximum atomic E-state index is 13.3. The van der Waals surface area contributed by atoms with Crippen LogP contribution in [0.25, 0.3) is 0 Å². The van der Waals surface area contributed by atoms with Crippen LogP contribution < -0.4 is 0 Å². The molecule has 0 aliphatic carbocycles. The minimum absolute atomic E-state index is 0.0727. The molecule has 1 rings (SSSR count). The zero-order valence-corrected chi connectivity index (χ0v) is 15.9. The van der Waals surface area contributed by atoms with Crippen molar-refractivity contribution in [3.63, 3.8) is 0 Å². The van der Waals surface area contributed by atoms with Crippen molar-refractivity contribution in [2.45, 2.75) is 52.3 Å². The van der Waals surface area contributed by atoms with Crippen LogP contribution in [0.2, 0.25) is 0 Å². The Bertz CT molecular complexity index is 517. The van der Waals surface area contributed by atoms with E-state index in [9.17, 15) is 4.79 Å². The first-order valence-electron chi connectivity index (χ1n) is 8.41. The van der Waals surface area contributed by atoms with Gasteiger partial charge in [0.15, 0.2) is 0 Å². The van der Waals surface area contributed by atoms with Gasteiger partial charge in [0.2, 0.25) is 5.91 Å². The van der Waals surface area contributed by atoms with Crippen molar-refractivity contribution >= 4 is 17.7 Å². The molecule has 4 heteroatoms. The zero-order valence-electron chi connectivity index (χ0n) is 15.1. The average molecular weight is 348 g/mol. The number of ether oxygens (including phenoxy) is 1. The van der Waals surface area contributed by atoms with Crippen molar-refractivity contribution in [2.75, 3.05) is 18.1 Å². The number of carbonyl (C=O) groups excluding carboxylic acids is 1. The Morgan fingerprint density at radius 2 is 2.21 bits per heavy atom. The first-order valence-corrected chi connectivity index (χ1v) is 9.56. The minimum Gasteiger partial charge on any atom is -0.356 e. The molecule has 0 radical (unpaired) electrons. The van der Waals surface area contributed by atoms with Crippen LogP contribution in [0.3, 0.4) is 0 Å². The average Bonchev–Trinajstić information content (AvgIpc) is 2.95. The normalized spacial score (nSPS) is 22.7. The number of nitrogens with zero attached hydrogens (tertiary/aromatic N) is 1. The fourth-order valence-corrected chi connectivity index (χ4v) is 3.64. The van der Waals surface area contributed by atoms with E-state index in [1.54, 1.807) is 17.8 Å². The van der Waals surface area contributed by atoms with Crippen LogP contribution in [0.1, 0.15) is 40.0 Å². The highest BCUT2D eigenvalue weighted by atomic mass is 32.2. The van der Waals surface area contributed by atoms with Crippen molar-refractivity contribution in [3.05, 3.63) is 12.7 Å². The van der Waals surface area contributed by atoms with Crippen molar-refractivity contribution in [2.24, 2.45) is 11.3 Å². The molecule has 1 fully saturated rings. The third-order valence-electron chi connectivity index (χ3n) is 4.43. The van der Waals surface area contributed by atoms with Crippen LogP contribution in [0, 0.1) is 36.0 Å². The molecule has 24 heavy (non-hydrogen) atoms. The number of rotatable bonds is 9. The number of thioether (sulfide) groups is 1. The Morgan fingerprint density at radius 1 is 1.50 bits per heavy atom. The number of amides is 1. The quantitative estimate of drug-likeness (QED) is 0.363. The lowest BCUT2D eigenvalue weighted by atomic mass is 9.81. The van der Waals surface area contributed by atoms with Crippen molar-refractivity contribution < 1.29 is 9.53 Å². The Morgan fingerprint density at radius 3 is 2.75 bits per heavy atom. The Kier molecular flexibility index (Phi) is 8.46. The van der Waals surface area contributed by atoms with E-state index in [0.29, 0.717) is 31.1 Å². The van der Waals surface area contributed by atoms with Crippen LogP contribution in [0.5, 0.6) is 0 Å². The molecule has 1 heterocycles. The standard InChI is InChI=1S/C20H29NO2S/c1-7-11-20(6,12-8-2)19(22)21-17(16(4)5)15-23-18(21)10-14-24-13-9-3/h1,3,8,16-18H,2,10-15H2,4-6H3/t17-,18-,20+/m1/s1. The van der Waals surface area contributed by atoms with Gasteiger partial charge in [-0.2, -0.15) is 0 Å². The molecule has 0 saturated carbocycles. The predicted octanol–water partition coefficient (Wildman–Crippen LogP) is 3.56. The summed E-state index contributed by atoms with van der Waals surface area (Å²) < 4.78 is 5.95. The summed E-state index contributed by atoms with van der Waals surface area (Å²) in [5, 5.41) is 0. The van der Waals surface area contributed by atoms with Gasteiger partial charge < -0.3 is 9.64 Å². The maximum absolute atomic E-state index is 13.3. The van der Waals surface area contributed by atoms with Crippen LogP contribution in [0.4, 0.5) is 0 Å². The van der Waals surface area contributed by atoms with E-state index in [1.165, 1.54) is 0 Å². The number of hydrogen-bond donors (Lipinski definition) is 0. The molecular formula is C20H29NO2S. The van der Waals surface area contributed by atoms with E-state index >= 15 is 0 Å². The number of carbonyl (C=O) groups is 1. The second kappa shape index (κ2) is 9.82. The second-order valence-corrected chi connectivity index (χ2v) is 7.90. The van der Waals surface area contributed by atoms with E-state index in [0.717, 1.165) is 12.2 Å². The van der Waals surface area contributed by atoms with Crippen LogP contribution in [-0.2, 0) is 9.53 Å². The molecule has 0 spiro atoms. The molecule has 132 valence electrons. The summed E-state index contributed by atoms with van der Waals surface area (Å²) in [6, 6.07) is 0.0852. The van der Waals surface area contributed by atoms with Gasteiger partial charge in [-0.3, -0.25) is 4.79 Å². The van der Waals surface area contributed by atoms with Gasteiger partial charge >= 0.3 is 0 Å². The maximum Gasteiger partial charge on any atom is 0.232 e. The monoisotopic (exact) mass is 347 g/mol. The van der Waals surface area contributed by atoms with Gasteiger partial charge in [-0.05, 0) is 25.0 Å². The van der Waals surface area contributed by atoms with E-state index < -0.39 is 5.41 Å². The number of allylic oxidation sites excluding steroid dienone is 1. The van der Waals surface area contributed by atoms with E-state index in [-0.39, 0.29) is 18.2 Å². The smallest absolute Gasteiger partial charge is 0.232 e. The molecule has 0 aromatic heterocycles. The largest absolute Gasteiger partial charge is 0.356 e. The fraction of sp³-hybridized carbons (Fsp3) is 0.650. The van der Waals surface area contributed by atoms with E-state index in [2.05, 4.69) is 32.3 Å². The van der Waals surface area contributed by atoms with Gasteiger partial charge in [0.05, 0.1) is 23.8 Å². The molecule has 3 atom stereocenters. The molecule has 0 N–H and O–H groups in total. The van der Waals surface area contributed by atoms with Gasteiger partial charge in [0, 0.05) is 12.8 Å². The lowest BCUT2D eigenvalue weighted by Crippen LogP contribution is -2.50. The summed E-state index contributed by atoms with van der Waals surface area (Å²) in [6.45, 7) is 10.5. The number of terminal acetylenes is 2. The summed E-state index contributed by atoms with van der Waals surface area (Å²) in [6.07, 6.45) is 14.1. The highest BCUT2D eigenvalue weighted by Gasteiger charge is 2.45. The summed E-state index contributed by atoms with van der Waals surface area (Å²) in [7, 11) is 0. The zero-order chi connectivity index (χ0) is 18.2. The Labute approximate surface area is 151 Å². The van der Waals surface area contributed by atoms with Crippen LogP contribution in [-0.4, -0.2) is 41.2 Å². The molecule has 0 unspecified atom stereocenters. The van der Waals surface area contributed by atoms with Gasteiger partial charge in [-0.15, -0.1) is 37.1 Å². The molecule has 1 aliphatic heterocycles. The van der Waals surface area contributed by atoms with Gasteiger partial charge in [-0.1, -0.05) is 25.8 Å². The fourth-order valence-electron chi connectivity index (χ4n) is 3.01. The predicted molar refractivity (Wildman–Crippen MR) is 102 cm³/mol. The van der Waals surface area contributed by atoms with E-state index in [4.69, 9.17) is 17.6 Å². The van der Waals surface area contributed by atoms with Crippen molar-refractivity contribution in [1.29, 1.82) is 0 Å². The summed E-state index contributed by atoms with van der Waals surface area (Å²) in [4.78, 5) is 15.3. The third-order valence-corrected chi connectivity index (χ3v) is 5.32. The van der Waals surface area contributed by atoms with Crippen molar-refractivity contribution in [1.82, 2.24) is 4.90 Å². The summed E-state index contributed by atoms with van der Waals surface area (Å²) in [5.41, 5.74) is -0.623. The summed E-state index contributed by atoms with van der Waals surface area (Å²) in [5.74, 6) is 7.23. The van der Waals surface area contributed by atoms with E-state index in [1.807, 2.05) is 11.8 Å². The molecule has 0 bridgehead atoms. The lowest BCUT2D eigenvalue weighted by Gasteiger charge is -2.37. The topological polar surface area (TPSA) is 29.5 Å². The SMILES string of the molecule is C#CCSCC[C@H]1OC[C@H](C(C)C)N1C(=O)[C@@](C)(CC#C)CC=C. The molecule has 1 aliphatic rings. The van der Waals surface area contributed by atoms with Crippen LogP contribution >= 0.6 is 11.8 Å². The van der Waals surface area contributed by atoms with Crippen molar-refractivity contribution in [3.8, 4) is 24.7 Å². The highest BCUT2D eigenvalue weighted by Crippen LogP contribution is 2.35. The lowest BCUT2D eigenvalue weighted by molar-refractivity contribution is -0.148. The van der Waals surface area contributed by atoms with Crippen LogP contribution in [0.15, 0.2) is 12.7 Å². The molecule has 0 aromatic carbocycles. The third kappa shape index (κ3) is 5.07. The molecular weight excluding hydrogens is 318 g/mol. The first-order chi connectivity index (χ1) is 11.4. The molecule has 1 amide bonds. The van der Waals surface area contributed by atoms with Gasteiger partial charge in [0.25, 0.3) is 0 Å². The first kappa shape index (κ1) is 20.7. The molecule has 0 aromatic rings. The molecule has 3 nitrogen and oxygen atoms in total. The summed E-state index contributed by atoms with van der Waals surface area (Å²) >= 11 is 1.69. The Balaban J connectivity index is 2.96. The number of hydrogen-bond acceptors (Lipinski definition) is 3. The second-order valence-electron chi connectivity index (χ2n) is 6.79. The van der Waals surface area contributed by atoms with Gasteiger partial charge in [-0.25, -0.2) is 0 Å². The Hall–Kier alpha value is -1.36. The molecule has 1 saturated heterocycles. The van der Waals surface area contributed by atoms with Gasteiger partial charge in [0.1, 0.15) is 6.23 Å². The minimum atomic E-state index is -0.623. The highest BCUT2D eigenvalue weighted by molar-refractivity contribution is 7.99.